The maximum atomic E-state index is 13.2. The minimum Gasteiger partial charge on any atom is -0.316 e. The van der Waals surface area contributed by atoms with Gasteiger partial charge in [0.25, 0.3) is 0 Å². The smallest absolute Gasteiger partial charge is 0.123 e. The third kappa shape index (κ3) is 2.22. The van der Waals surface area contributed by atoms with E-state index < -0.39 is 0 Å². The van der Waals surface area contributed by atoms with Crippen molar-refractivity contribution < 1.29 is 4.39 Å². The van der Waals surface area contributed by atoms with Gasteiger partial charge in [-0.25, -0.2) is 4.39 Å². The van der Waals surface area contributed by atoms with Gasteiger partial charge in [0, 0.05) is 19.6 Å². The summed E-state index contributed by atoms with van der Waals surface area (Å²) in [5, 5.41) is 3.44. The zero-order valence-electron chi connectivity index (χ0n) is 10.2. The minimum atomic E-state index is -0.119. The Kier molecular flexibility index (Phi) is 2.89. The molecular weight excluding hydrogens is 215 g/mol. The van der Waals surface area contributed by atoms with Crippen LogP contribution in [0.3, 0.4) is 0 Å². The van der Waals surface area contributed by atoms with Crippen LogP contribution in [0, 0.1) is 24.6 Å². The van der Waals surface area contributed by atoms with E-state index >= 15 is 0 Å². The Bertz CT molecular complexity index is 407. The van der Waals surface area contributed by atoms with Crippen molar-refractivity contribution in [3.8, 4) is 0 Å². The molecule has 2 atom stereocenters. The summed E-state index contributed by atoms with van der Waals surface area (Å²) in [5.74, 6) is 1.50. The molecule has 0 spiro atoms. The lowest BCUT2D eigenvalue weighted by molar-refractivity contribution is 0.304. The molecule has 0 radical (unpaired) electrons. The Balaban J connectivity index is 1.69. The van der Waals surface area contributed by atoms with Gasteiger partial charge < -0.3 is 5.32 Å². The molecule has 1 N–H and O–H groups in total. The first kappa shape index (κ1) is 11.2. The summed E-state index contributed by atoms with van der Waals surface area (Å²) in [6.07, 6.45) is 0. The van der Waals surface area contributed by atoms with E-state index in [-0.39, 0.29) is 5.82 Å². The molecule has 2 heterocycles. The van der Waals surface area contributed by atoms with Gasteiger partial charge in [0.05, 0.1) is 0 Å². The highest BCUT2D eigenvalue weighted by Gasteiger charge is 2.35. The SMILES string of the molecule is Cc1ccc(F)cc1CN1CC2CNCC2C1. The number of halogens is 1. The second kappa shape index (κ2) is 4.39. The molecule has 2 unspecified atom stereocenters. The highest BCUT2D eigenvalue weighted by molar-refractivity contribution is 5.26. The zero-order chi connectivity index (χ0) is 11.8. The van der Waals surface area contributed by atoms with Gasteiger partial charge in [-0.1, -0.05) is 6.07 Å². The number of aryl methyl sites for hydroxylation is 1. The molecule has 2 nitrogen and oxygen atoms in total. The van der Waals surface area contributed by atoms with E-state index in [0.29, 0.717) is 0 Å². The van der Waals surface area contributed by atoms with Crippen molar-refractivity contribution in [2.24, 2.45) is 11.8 Å². The molecule has 2 aliphatic heterocycles. The lowest BCUT2D eigenvalue weighted by Crippen LogP contribution is -2.25. The lowest BCUT2D eigenvalue weighted by atomic mass is 10.0. The zero-order valence-corrected chi connectivity index (χ0v) is 10.2. The first-order chi connectivity index (χ1) is 8.22. The fourth-order valence-electron chi connectivity index (χ4n) is 3.13. The standard InChI is InChI=1S/C14H19FN2/c1-10-2-3-14(15)4-11(10)7-17-8-12-5-16-6-13(12)9-17/h2-4,12-13,16H,5-9H2,1H3. The number of nitrogens with one attached hydrogen (secondary N) is 1. The highest BCUT2D eigenvalue weighted by atomic mass is 19.1. The van der Waals surface area contributed by atoms with Gasteiger partial charge >= 0.3 is 0 Å². The Morgan fingerprint density at radius 1 is 1.29 bits per heavy atom. The summed E-state index contributed by atoms with van der Waals surface area (Å²) in [4.78, 5) is 2.47. The van der Waals surface area contributed by atoms with Gasteiger partial charge in [-0.05, 0) is 55.1 Å². The first-order valence-corrected chi connectivity index (χ1v) is 6.40. The Morgan fingerprint density at radius 2 is 2.00 bits per heavy atom. The summed E-state index contributed by atoms with van der Waals surface area (Å²) in [5.41, 5.74) is 2.33. The average Bonchev–Trinajstić information content (AvgIpc) is 2.83. The monoisotopic (exact) mass is 234 g/mol. The molecule has 2 fully saturated rings. The second-order valence-corrected chi connectivity index (χ2v) is 5.44. The number of likely N-dealkylation sites (tertiary alicyclic amines) is 1. The second-order valence-electron chi connectivity index (χ2n) is 5.44. The largest absolute Gasteiger partial charge is 0.316 e. The van der Waals surface area contributed by atoms with Crippen LogP contribution >= 0.6 is 0 Å². The number of nitrogens with zero attached hydrogens (tertiary/aromatic N) is 1. The van der Waals surface area contributed by atoms with Crippen molar-refractivity contribution in [2.45, 2.75) is 13.5 Å². The van der Waals surface area contributed by atoms with Crippen LogP contribution in [-0.4, -0.2) is 31.1 Å². The molecule has 0 saturated carbocycles. The van der Waals surface area contributed by atoms with Gasteiger partial charge in [-0.15, -0.1) is 0 Å². The van der Waals surface area contributed by atoms with Crippen molar-refractivity contribution in [3.63, 3.8) is 0 Å². The van der Waals surface area contributed by atoms with Gasteiger partial charge in [-0.2, -0.15) is 0 Å². The molecule has 0 aliphatic carbocycles. The van der Waals surface area contributed by atoms with E-state index in [2.05, 4.69) is 17.1 Å². The van der Waals surface area contributed by atoms with Crippen LogP contribution in [0.5, 0.6) is 0 Å². The van der Waals surface area contributed by atoms with Crippen LogP contribution < -0.4 is 5.32 Å². The molecule has 1 aromatic carbocycles. The van der Waals surface area contributed by atoms with Crippen LogP contribution in [0.4, 0.5) is 4.39 Å². The molecule has 0 bridgehead atoms. The quantitative estimate of drug-likeness (QED) is 0.839. The van der Waals surface area contributed by atoms with E-state index in [1.54, 1.807) is 12.1 Å². The number of benzene rings is 1. The summed E-state index contributed by atoms with van der Waals surface area (Å²) >= 11 is 0. The van der Waals surface area contributed by atoms with Crippen molar-refractivity contribution >= 4 is 0 Å². The summed E-state index contributed by atoms with van der Waals surface area (Å²) in [7, 11) is 0. The van der Waals surface area contributed by atoms with Crippen LogP contribution in [0.25, 0.3) is 0 Å². The van der Waals surface area contributed by atoms with Gasteiger partial charge in [0.1, 0.15) is 5.82 Å². The molecular formula is C14H19FN2. The average molecular weight is 234 g/mol. The van der Waals surface area contributed by atoms with Crippen LogP contribution in [0.2, 0.25) is 0 Å². The van der Waals surface area contributed by atoms with Crippen molar-refractivity contribution in [2.75, 3.05) is 26.2 Å². The Hall–Kier alpha value is -0.930. The van der Waals surface area contributed by atoms with Crippen LogP contribution in [0.15, 0.2) is 18.2 Å². The predicted molar refractivity (Wildman–Crippen MR) is 66.3 cm³/mol. The maximum absolute atomic E-state index is 13.2. The van der Waals surface area contributed by atoms with Crippen LogP contribution in [-0.2, 0) is 6.54 Å². The van der Waals surface area contributed by atoms with E-state index in [0.717, 1.165) is 50.1 Å². The van der Waals surface area contributed by atoms with Crippen LogP contribution in [0.1, 0.15) is 11.1 Å². The van der Waals surface area contributed by atoms with E-state index in [9.17, 15) is 4.39 Å². The normalized spacial score (nSPS) is 28.6. The lowest BCUT2D eigenvalue weighted by Gasteiger charge is -2.18. The molecule has 92 valence electrons. The first-order valence-electron chi connectivity index (χ1n) is 6.40. The fourth-order valence-corrected chi connectivity index (χ4v) is 3.13. The van der Waals surface area contributed by atoms with E-state index in [1.165, 1.54) is 5.56 Å². The van der Waals surface area contributed by atoms with Gasteiger partial charge in [-0.3, -0.25) is 4.90 Å². The third-order valence-corrected chi connectivity index (χ3v) is 4.17. The number of rotatable bonds is 2. The molecule has 2 aliphatic rings. The topological polar surface area (TPSA) is 15.3 Å². The van der Waals surface area contributed by atoms with Crippen molar-refractivity contribution in [1.82, 2.24) is 10.2 Å². The van der Waals surface area contributed by atoms with Crippen molar-refractivity contribution in [3.05, 3.63) is 35.1 Å². The number of hydrogen-bond donors (Lipinski definition) is 1. The summed E-state index contributed by atoms with van der Waals surface area (Å²) in [6.45, 7) is 7.59. The number of fused-ring (bicyclic) bond motifs is 1. The molecule has 3 heteroatoms. The molecule has 0 aromatic heterocycles. The third-order valence-electron chi connectivity index (χ3n) is 4.17. The Morgan fingerprint density at radius 3 is 2.71 bits per heavy atom. The van der Waals surface area contributed by atoms with Crippen molar-refractivity contribution in [1.29, 1.82) is 0 Å². The fraction of sp³-hybridized carbons (Fsp3) is 0.571. The van der Waals surface area contributed by atoms with E-state index in [1.807, 2.05) is 6.07 Å². The molecule has 3 rings (SSSR count). The minimum absolute atomic E-state index is 0.119. The molecule has 0 amide bonds. The molecule has 1 aromatic rings. The summed E-state index contributed by atoms with van der Waals surface area (Å²) in [6, 6.07) is 5.10. The van der Waals surface area contributed by atoms with E-state index in [4.69, 9.17) is 0 Å². The van der Waals surface area contributed by atoms with Gasteiger partial charge in [0.15, 0.2) is 0 Å². The number of hydrogen-bond acceptors (Lipinski definition) is 2. The molecule has 17 heavy (non-hydrogen) atoms. The predicted octanol–water partition coefficient (Wildman–Crippen LogP) is 1.79. The highest BCUT2D eigenvalue weighted by Crippen LogP contribution is 2.27. The molecule has 2 saturated heterocycles. The van der Waals surface area contributed by atoms with Gasteiger partial charge in [0.2, 0.25) is 0 Å². The summed E-state index contributed by atoms with van der Waals surface area (Å²) < 4.78 is 13.2. The maximum Gasteiger partial charge on any atom is 0.123 e. The Labute approximate surface area is 102 Å².